The van der Waals surface area contributed by atoms with Gasteiger partial charge in [0.05, 0.1) is 17.1 Å². The van der Waals surface area contributed by atoms with Crippen molar-refractivity contribution in [3.63, 3.8) is 0 Å². The number of thiazole rings is 1. The lowest BCUT2D eigenvalue weighted by Crippen LogP contribution is -2.26. The lowest BCUT2D eigenvalue weighted by atomic mass is 10.1. The van der Waals surface area contributed by atoms with Crippen molar-refractivity contribution in [2.24, 2.45) is 5.73 Å². The zero-order chi connectivity index (χ0) is 11.4. The highest BCUT2D eigenvalue weighted by Gasteiger charge is 2.12. The van der Waals surface area contributed by atoms with E-state index in [2.05, 4.69) is 18.8 Å². The Bertz CT molecular complexity index is 336. The van der Waals surface area contributed by atoms with E-state index in [9.17, 15) is 4.79 Å². The van der Waals surface area contributed by atoms with Gasteiger partial charge in [-0.25, -0.2) is 4.98 Å². The number of carbonyl (C=O) groups is 1. The molecule has 0 saturated heterocycles. The van der Waals surface area contributed by atoms with Gasteiger partial charge >= 0.3 is 5.97 Å². The fourth-order valence-corrected chi connectivity index (χ4v) is 2.25. The molecule has 1 unspecified atom stereocenters. The number of carboxylic acids is 1. The van der Waals surface area contributed by atoms with Crippen molar-refractivity contribution >= 4 is 17.3 Å². The molecule has 0 fully saturated rings. The maximum absolute atomic E-state index is 10.4. The third-order valence-corrected chi connectivity index (χ3v) is 2.92. The molecule has 0 aromatic carbocycles. The van der Waals surface area contributed by atoms with Crippen molar-refractivity contribution in [2.45, 2.75) is 38.6 Å². The highest BCUT2D eigenvalue weighted by Crippen LogP contribution is 2.18. The summed E-state index contributed by atoms with van der Waals surface area (Å²) in [7, 11) is 0. The van der Waals surface area contributed by atoms with Crippen LogP contribution in [0.5, 0.6) is 0 Å². The first kappa shape index (κ1) is 12.1. The van der Waals surface area contributed by atoms with Crippen LogP contribution in [-0.2, 0) is 11.2 Å². The molecule has 4 nitrogen and oxygen atoms in total. The molecule has 3 N–H and O–H groups in total. The van der Waals surface area contributed by atoms with Gasteiger partial charge in [-0.3, -0.25) is 4.79 Å². The summed E-state index contributed by atoms with van der Waals surface area (Å²) in [4.78, 5) is 14.8. The van der Waals surface area contributed by atoms with Crippen LogP contribution in [0.2, 0.25) is 0 Å². The predicted octanol–water partition coefficient (Wildman–Crippen LogP) is 1.61. The summed E-state index contributed by atoms with van der Waals surface area (Å²) in [6.07, 6.45) is 0.542. The SMILES string of the molecule is CC(C)c1csc(CC(N)CC(=O)O)n1. The molecule has 0 radical (unpaired) electrons. The van der Waals surface area contributed by atoms with E-state index >= 15 is 0 Å². The van der Waals surface area contributed by atoms with Crippen LogP contribution in [0.15, 0.2) is 5.38 Å². The molecule has 0 aliphatic rings. The molecule has 0 spiro atoms. The van der Waals surface area contributed by atoms with Crippen LogP contribution < -0.4 is 5.73 Å². The van der Waals surface area contributed by atoms with Gasteiger partial charge in [0.25, 0.3) is 0 Å². The molecule has 84 valence electrons. The van der Waals surface area contributed by atoms with Crippen LogP contribution in [0.4, 0.5) is 0 Å². The molecule has 1 atom stereocenters. The summed E-state index contributed by atoms with van der Waals surface area (Å²) in [5, 5.41) is 11.5. The molecule has 1 aromatic rings. The van der Waals surface area contributed by atoms with Gasteiger partial charge in [0.15, 0.2) is 0 Å². The molecule has 0 saturated carbocycles. The average molecular weight is 228 g/mol. The standard InChI is InChI=1S/C10H16N2O2S/c1-6(2)8-5-15-9(12-8)3-7(11)4-10(13)14/h5-7H,3-4,11H2,1-2H3,(H,13,14). The van der Waals surface area contributed by atoms with Crippen LogP contribution in [0, 0.1) is 0 Å². The van der Waals surface area contributed by atoms with Gasteiger partial charge in [-0.1, -0.05) is 13.8 Å². The maximum atomic E-state index is 10.4. The van der Waals surface area contributed by atoms with Crippen LogP contribution in [0.3, 0.4) is 0 Å². The Balaban J connectivity index is 2.53. The van der Waals surface area contributed by atoms with Crippen molar-refractivity contribution in [3.8, 4) is 0 Å². The number of hydrogen-bond acceptors (Lipinski definition) is 4. The normalized spacial score (nSPS) is 13.1. The minimum absolute atomic E-state index is 0.00338. The molecule has 1 aromatic heterocycles. The highest BCUT2D eigenvalue weighted by atomic mass is 32.1. The zero-order valence-electron chi connectivity index (χ0n) is 8.93. The Morgan fingerprint density at radius 1 is 1.67 bits per heavy atom. The van der Waals surface area contributed by atoms with Crippen LogP contribution >= 0.6 is 11.3 Å². The van der Waals surface area contributed by atoms with Gasteiger partial charge in [-0.15, -0.1) is 11.3 Å². The number of nitrogens with two attached hydrogens (primary N) is 1. The lowest BCUT2D eigenvalue weighted by molar-refractivity contribution is -0.137. The molecular weight excluding hydrogens is 212 g/mol. The van der Waals surface area contributed by atoms with Crippen LogP contribution in [0.1, 0.15) is 36.9 Å². The van der Waals surface area contributed by atoms with E-state index in [1.54, 1.807) is 11.3 Å². The molecule has 1 rings (SSSR count). The lowest BCUT2D eigenvalue weighted by Gasteiger charge is -2.05. The Morgan fingerprint density at radius 3 is 2.80 bits per heavy atom. The summed E-state index contributed by atoms with van der Waals surface area (Å²) in [5.74, 6) is -0.450. The number of carboxylic acid groups (broad SMARTS) is 1. The monoisotopic (exact) mass is 228 g/mol. The van der Waals surface area contributed by atoms with E-state index < -0.39 is 5.97 Å². The van der Waals surface area contributed by atoms with E-state index in [-0.39, 0.29) is 12.5 Å². The van der Waals surface area contributed by atoms with Crippen LogP contribution in [0.25, 0.3) is 0 Å². The fraction of sp³-hybridized carbons (Fsp3) is 0.600. The highest BCUT2D eigenvalue weighted by molar-refractivity contribution is 7.09. The molecule has 0 amide bonds. The summed E-state index contributed by atoms with van der Waals surface area (Å²) in [6.45, 7) is 4.16. The largest absolute Gasteiger partial charge is 0.481 e. The first-order valence-corrected chi connectivity index (χ1v) is 5.78. The number of aromatic nitrogens is 1. The minimum atomic E-state index is -0.858. The third-order valence-electron chi connectivity index (χ3n) is 2.03. The minimum Gasteiger partial charge on any atom is -0.481 e. The molecule has 15 heavy (non-hydrogen) atoms. The second-order valence-corrected chi connectivity index (χ2v) is 4.83. The average Bonchev–Trinajstić information content (AvgIpc) is 2.50. The van der Waals surface area contributed by atoms with Crippen LogP contribution in [-0.4, -0.2) is 22.1 Å². The number of hydrogen-bond donors (Lipinski definition) is 2. The maximum Gasteiger partial charge on any atom is 0.304 e. The van der Waals surface area contributed by atoms with Gasteiger partial charge in [-0.2, -0.15) is 0 Å². The smallest absolute Gasteiger partial charge is 0.304 e. The van der Waals surface area contributed by atoms with Crippen molar-refractivity contribution < 1.29 is 9.90 Å². The predicted molar refractivity (Wildman–Crippen MR) is 60.1 cm³/mol. The number of rotatable bonds is 5. The Kier molecular flexibility index (Phi) is 4.23. The van der Waals surface area contributed by atoms with Gasteiger partial charge < -0.3 is 10.8 Å². The van der Waals surface area contributed by atoms with E-state index in [0.29, 0.717) is 12.3 Å². The van der Waals surface area contributed by atoms with E-state index in [4.69, 9.17) is 10.8 Å². The number of nitrogens with zero attached hydrogens (tertiary/aromatic N) is 1. The van der Waals surface area contributed by atoms with Crippen molar-refractivity contribution in [2.75, 3.05) is 0 Å². The Morgan fingerprint density at radius 2 is 2.33 bits per heavy atom. The molecule has 0 aliphatic heterocycles. The molecule has 0 bridgehead atoms. The summed E-state index contributed by atoms with van der Waals surface area (Å²) < 4.78 is 0. The van der Waals surface area contributed by atoms with Gasteiger partial charge in [0.1, 0.15) is 0 Å². The van der Waals surface area contributed by atoms with Crippen molar-refractivity contribution in [1.29, 1.82) is 0 Å². The topological polar surface area (TPSA) is 76.2 Å². The van der Waals surface area contributed by atoms with Gasteiger partial charge in [-0.05, 0) is 5.92 Å². The first-order valence-electron chi connectivity index (χ1n) is 4.90. The summed E-state index contributed by atoms with van der Waals surface area (Å²) >= 11 is 1.55. The van der Waals surface area contributed by atoms with Crippen molar-refractivity contribution in [3.05, 3.63) is 16.1 Å². The fourth-order valence-electron chi connectivity index (χ4n) is 1.20. The molecule has 1 heterocycles. The molecular formula is C10H16N2O2S. The second-order valence-electron chi connectivity index (χ2n) is 3.88. The van der Waals surface area contributed by atoms with Gasteiger partial charge in [0.2, 0.25) is 0 Å². The van der Waals surface area contributed by atoms with E-state index in [1.165, 1.54) is 0 Å². The third kappa shape index (κ3) is 3.97. The number of aliphatic carboxylic acids is 1. The second kappa shape index (κ2) is 5.23. The van der Waals surface area contributed by atoms with Crippen molar-refractivity contribution in [1.82, 2.24) is 4.98 Å². The molecule has 0 aliphatic carbocycles. The first-order chi connectivity index (χ1) is 6.99. The Hall–Kier alpha value is -0.940. The quantitative estimate of drug-likeness (QED) is 0.802. The van der Waals surface area contributed by atoms with E-state index in [1.807, 2.05) is 5.38 Å². The van der Waals surface area contributed by atoms with E-state index in [0.717, 1.165) is 10.7 Å². The summed E-state index contributed by atoms with van der Waals surface area (Å²) in [5.41, 5.74) is 6.73. The zero-order valence-corrected chi connectivity index (χ0v) is 9.75. The summed E-state index contributed by atoms with van der Waals surface area (Å²) in [6, 6.07) is -0.339. The molecule has 5 heteroatoms. The van der Waals surface area contributed by atoms with Gasteiger partial charge in [0, 0.05) is 17.8 Å². The Labute approximate surface area is 93.1 Å².